The fourth-order valence-corrected chi connectivity index (χ4v) is 4.02. The number of nitrogens with two attached hydrogens (primary N) is 1. The number of anilines is 1. The van der Waals surface area contributed by atoms with Gasteiger partial charge in [0, 0.05) is 30.4 Å². The van der Waals surface area contributed by atoms with Crippen molar-refractivity contribution in [3.63, 3.8) is 0 Å². The van der Waals surface area contributed by atoms with Crippen molar-refractivity contribution in [1.82, 2.24) is 4.98 Å². The molecule has 18 heavy (non-hydrogen) atoms. The van der Waals surface area contributed by atoms with E-state index in [4.69, 9.17) is 10.7 Å². The van der Waals surface area contributed by atoms with E-state index in [1.807, 2.05) is 11.3 Å². The van der Waals surface area contributed by atoms with E-state index in [9.17, 15) is 0 Å². The fourth-order valence-electron chi connectivity index (χ4n) is 2.96. The summed E-state index contributed by atoms with van der Waals surface area (Å²) in [5.41, 5.74) is 7.17. The number of nitrogens with zero attached hydrogens (tertiary/aromatic N) is 2. The highest BCUT2D eigenvalue weighted by Crippen LogP contribution is 2.44. The van der Waals surface area contributed by atoms with Crippen molar-refractivity contribution in [2.45, 2.75) is 51.5 Å². The molecule has 0 spiro atoms. The first kappa shape index (κ1) is 12.4. The first-order valence-electron chi connectivity index (χ1n) is 7.26. The molecule has 100 valence electrons. The van der Waals surface area contributed by atoms with Crippen molar-refractivity contribution in [3.05, 3.63) is 10.6 Å². The van der Waals surface area contributed by atoms with Gasteiger partial charge in [0.1, 0.15) is 0 Å². The molecule has 0 bridgehead atoms. The van der Waals surface area contributed by atoms with Crippen molar-refractivity contribution in [1.29, 1.82) is 0 Å². The molecule has 3 nitrogen and oxygen atoms in total. The van der Waals surface area contributed by atoms with Crippen molar-refractivity contribution < 1.29 is 0 Å². The van der Waals surface area contributed by atoms with Crippen LogP contribution in [0.25, 0.3) is 0 Å². The molecule has 1 atom stereocenters. The highest BCUT2D eigenvalue weighted by atomic mass is 32.1. The van der Waals surface area contributed by atoms with Gasteiger partial charge >= 0.3 is 0 Å². The molecule has 3 rings (SSSR count). The fraction of sp³-hybridized carbons (Fsp3) is 0.786. The lowest BCUT2D eigenvalue weighted by molar-refractivity contribution is 0.529. The van der Waals surface area contributed by atoms with Gasteiger partial charge in [-0.05, 0) is 31.6 Å². The lowest BCUT2D eigenvalue weighted by Gasteiger charge is -2.14. The Kier molecular flexibility index (Phi) is 3.57. The average Bonchev–Trinajstić information content (AvgIpc) is 2.96. The standard InChI is InChI=1S/C14H23N3S/c1-2-3-10-6-7-17(9-10)14-16-13(11-4-5-11)12(8-15)18-14/h10-11H,2-9,15H2,1H3. The Labute approximate surface area is 113 Å². The van der Waals surface area contributed by atoms with E-state index in [1.54, 1.807) is 0 Å². The Bertz CT molecular complexity index is 411. The molecule has 2 N–H and O–H groups in total. The SMILES string of the molecule is CCCC1CCN(c2nc(C3CC3)c(CN)s2)C1. The molecule has 4 heteroatoms. The molecule has 1 saturated heterocycles. The lowest BCUT2D eigenvalue weighted by atomic mass is 10.0. The topological polar surface area (TPSA) is 42.2 Å². The second-order valence-electron chi connectivity index (χ2n) is 5.67. The summed E-state index contributed by atoms with van der Waals surface area (Å²) in [5, 5.41) is 1.23. The smallest absolute Gasteiger partial charge is 0.185 e. The van der Waals surface area contributed by atoms with Crippen LogP contribution in [0.2, 0.25) is 0 Å². The molecule has 1 aliphatic carbocycles. The normalized spacial score (nSPS) is 23.9. The molecule has 1 unspecified atom stereocenters. The van der Waals surface area contributed by atoms with Gasteiger partial charge < -0.3 is 10.6 Å². The van der Waals surface area contributed by atoms with Gasteiger partial charge in [0.15, 0.2) is 5.13 Å². The zero-order valence-electron chi connectivity index (χ0n) is 11.2. The van der Waals surface area contributed by atoms with E-state index < -0.39 is 0 Å². The van der Waals surface area contributed by atoms with Gasteiger partial charge in [-0.25, -0.2) is 4.98 Å². The highest BCUT2D eigenvalue weighted by molar-refractivity contribution is 7.15. The van der Waals surface area contributed by atoms with Crippen molar-refractivity contribution >= 4 is 16.5 Å². The summed E-state index contributed by atoms with van der Waals surface area (Å²) in [4.78, 5) is 8.69. The molecular weight excluding hydrogens is 242 g/mol. The molecule has 1 aromatic heterocycles. The number of thiazole rings is 1. The second kappa shape index (κ2) is 5.17. The third kappa shape index (κ3) is 2.41. The summed E-state index contributed by atoms with van der Waals surface area (Å²) in [6, 6.07) is 0. The van der Waals surface area contributed by atoms with E-state index in [0.29, 0.717) is 6.54 Å². The Morgan fingerprint density at radius 3 is 2.89 bits per heavy atom. The van der Waals surface area contributed by atoms with Crippen LogP contribution in [0, 0.1) is 5.92 Å². The summed E-state index contributed by atoms with van der Waals surface area (Å²) in [5.74, 6) is 1.60. The summed E-state index contributed by atoms with van der Waals surface area (Å²) >= 11 is 1.84. The largest absolute Gasteiger partial charge is 0.348 e. The highest BCUT2D eigenvalue weighted by Gasteiger charge is 2.31. The zero-order valence-corrected chi connectivity index (χ0v) is 12.0. The summed E-state index contributed by atoms with van der Waals surface area (Å²) in [6.45, 7) is 5.33. The number of hydrogen-bond donors (Lipinski definition) is 1. The molecule has 1 aromatic rings. The predicted octanol–water partition coefficient (Wildman–Crippen LogP) is 3.11. The zero-order chi connectivity index (χ0) is 12.5. The summed E-state index contributed by atoms with van der Waals surface area (Å²) in [6.07, 6.45) is 6.63. The molecule has 2 fully saturated rings. The Morgan fingerprint density at radius 2 is 2.22 bits per heavy atom. The molecule has 1 aliphatic heterocycles. The Balaban J connectivity index is 1.72. The van der Waals surface area contributed by atoms with Crippen molar-refractivity contribution in [3.8, 4) is 0 Å². The first-order chi connectivity index (χ1) is 8.81. The summed E-state index contributed by atoms with van der Waals surface area (Å²) in [7, 11) is 0. The maximum absolute atomic E-state index is 5.86. The first-order valence-corrected chi connectivity index (χ1v) is 8.08. The number of rotatable bonds is 5. The van der Waals surface area contributed by atoms with Gasteiger partial charge in [0.2, 0.25) is 0 Å². The van der Waals surface area contributed by atoms with E-state index in [0.717, 1.165) is 11.8 Å². The van der Waals surface area contributed by atoms with Crippen LogP contribution in [0.1, 0.15) is 55.5 Å². The van der Waals surface area contributed by atoms with Gasteiger partial charge in [-0.1, -0.05) is 13.3 Å². The maximum atomic E-state index is 5.86. The second-order valence-corrected chi connectivity index (χ2v) is 6.73. The minimum Gasteiger partial charge on any atom is -0.348 e. The molecule has 0 amide bonds. The van der Waals surface area contributed by atoms with E-state index >= 15 is 0 Å². The Morgan fingerprint density at radius 1 is 1.39 bits per heavy atom. The predicted molar refractivity (Wildman–Crippen MR) is 77.2 cm³/mol. The third-order valence-corrected chi connectivity index (χ3v) is 5.27. The molecular formula is C14H23N3S. The van der Waals surface area contributed by atoms with Crippen LogP contribution in [0.5, 0.6) is 0 Å². The molecule has 1 saturated carbocycles. The van der Waals surface area contributed by atoms with Gasteiger partial charge in [-0.2, -0.15) is 0 Å². The van der Waals surface area contributed by atoms with E-state index in [2.05, 4.69) is 11.8 Å². The minimum atomic E-state index is 0.662. The van der Waals surface area contributed by atoms with E-state index in [1.165, 1.54) is 60.9 Å². The van der Waals surface area contributed by atoms with Crippen LogP contribution in [0.4, 0.5) is 5.13 Å². The van der Waals surface area contributed by atoms with Gasteiger partial charge in [0.25, 0.3) is 0 Å². The maximum Gasteiger partial charge on any atom is 0.185 e. The lowest BCUT2D eigenvalue weighted by Crippen LogP contribution is -2.19. The number of hydrogen-bond acceptors (Lipinski definition) is 4. The minimum absolute atomic E-state index is 0.662. The average molecular weight is 265 g/mol. The third-order valence-electron chi connectivity index (χ3n) is 4.12. The number of aromatic nitrogens is 1. The Hall–Kier alpha value is -0.610. The van der Waals surface area contributed by atoms with Crippen molar-refractivity contribution in [2.24, 2.45) is 11.7 Å². The van der Waals surface area contributed by atoms with Crippen LogP contribution in [-0.2, 0) is 6.54 Å². The molecule has 2 aliphatic rings. The molecule has 0 aromatic carbocycles. The van der Waals surface area contributed by atoms with Crippen LogP contribution in [0.15, 0.2) is 0 Å². The monoisotopic (exact) mass is 265 g/mol. The van der Waals surface area contributed by atoms with Crippen LogP contribution in [-0.4, -0.2) is 18.1 Å². The van der Waals surface area contributed by atoms with Crippen LogP contribution >= 0.6 is 11.3 Å². The van der Waals surface area contributed by atoms with Gasteiger partial charge in [-0.3, -0.25) is 0 Å². The summed E-state index contributed by atoms with van der Waals surface area (Å²) < 4.78 is 0. The van der Waals surface area contributed by atoms with Crippen LogP contribution in [0.3, 0.4) is 0 Å². The van der Waals surface area contributed by atoms with E-state index in [-0.39, 0.29) is 0 Å². The molecule has 2 heterocycles. The van der Waals surface area contributed by atoms with Crippen molar-refractivity contribution in [2.75, 3.05) is 18.0 Å². The van der Waals surface area contributed by atoms with Gasteiger partial charge in [0.05, 0.1) is 5.69 Å². The van der Waals surface area contributed by atoms with Crippen LogP contribution < -0.4 is 10.6 Å². The van der Waals surface area contributed by atoms with Gasteiger partial charge in [-0.15, -0.1) is 11.3 Å². The quantitative estimate of drug-likeness (QED) is 0.889. The molecule has 0 radical (unpaired) electrons.